The number of likely N-dealkylation sites (N-methyl/N-ethyl adjacent to an activating group) is 1. The number of rotatable bonds is 5. The molecule has 2 amide bonds. The highest BCUT2D eigenvalue weighted by atomic mass is 32.1. The molecule has 1 aromatic rings. The second-order valence-corrected chi connectivity index (χ2v) is 5.90. The van der Waals surface area contributed by atoms with Gasteiger partial charge in [0.1, 0.15) is 0 Å². The smallest absolute Gasteiger partial charge is 0.317 e. The molecule has 1 aromatic heterocycles. The SMILES string of the molecule is CN(CCc1cccs1)C(=O)NC1C=CC(C(=O)O)C1. The van der Waals surface area contributed by atoms with Gasteiger partial charge in [0.15, 0.2) is 0 Å². The molecule has 1 heterocycles. The third-order valence-corrected chi connectivity index (χ3v) is 4.27. The number of nitrogens with one attached hydrogen (secondary N) is 1. The van der Waals surface area contributed by atoms with Crippen molar-refractivity contribution in [3.8, 4) is 0 Å². The Morgan fingerprint density at radius 1 is 1.50 bits per heavy atom. The predicted octanol–water partition coefficient (Wildman–Crippen LogP) is 1.96. The van der Waals surface area contributed by atoms with E-state index in [4.69, 9.17) is 5.11 Å². The third-order valence-electron chi connectivity index (χ3n) is 3.33. The van der Waals surface area contributed by atoms with Gasteiger partial charge in [0.25, 0.3) is 0 Å². The van der Waals surface area contributed by atoms with Gasteiger partial charge in [-0.15, -0.1) is 11.3 Å². The van der Waals surface area contributed by atoms with E-state index in [1.807, 2.05) is 17.5 Å². The van der Waals surface area contributed by atoms with Crippen molar-refractivity contribution in [3.05, 3.63) is 34.5 Å². The van der Waals surface area contributed by atoms with Crippen molar-refractivity contribution >= 4 is 23.3 Å². The summed E-state index contributed by atoms with van der Waals surface area (Å²) in [5.41, 5.74) is 0. The van der Waals surface area contributed by atoms with Crippen molar-refractivity contribution in [2.24, 2.45) is 5.92 Å². The molecule has 0 saturated heterocycles. The monoisotopic (exact) mass is 294 g/mol. The van der Waals surface area contributed by atoms with Crippen molar-refractivity contribution < 1.29 is 14.7 Å². The Morgan fingerprint density at radius 2 is 2.30 bits per heavy atom. The fourth-order valence-corrected chi connectivity index (χ4v) is 2.79. The maximum absolute atomic E-state index is 12.0. The van der Waals surface area contributed by atoms with Crippen LogP contribution in [0.25, 0.3) is 0 Å². The molecule has 0 radical (unpaired) electrons. The van der Waals surface area contributed by atoms with Crippen LogP contribution in [0, 0.1) is 5.92 Å². The average Bonchev–Trinajstić information content (AvgIpc) is 3.06. The van der Waals surface area contributed by atoms with Gasteiger partial charge < -0.3 is 15.3 Å². The fraction of sp³-hybridized carbons (Fsp3) is 0.429. The molecule has 0 spiro atoms. The van der Waals surface area contributed by atoms with Crippen molar-refractivity contribution in [2.45, 2.75) is 18.9 Å². The molecule has 2 unspecified atom stereocenters. The van der Waals surface area contributed by atoms with Gasteiger partial charge in [0, 0.05) is 18.5 Å². The first-order chi connectivity index (χ1) is 9.56. The zero-order valence-electron chi connectivity index (χ0n) is 11.3. The Morgan fingerprint density at radius 3 is 2.90 bits per heavy atom. The van der Waals surface area contributed by atoms with Gasteiger partial charge in [-0.1, -0.05) is 18.2 Å². The molecule has 0 bridgehead atoms. The highest BCUT2D eigenvalue weighted by Crippen LogP contribution is 2.18. The lowest BCUT2D eigenvalue weighted by Gasteiger charge is -2.20. The van der Waals surface area contributed by atoms with Crippen LogP contribution in [0.3, 0.4) is 0 Å². The number of hydrogen-bond acceptors (Lipinski definition) is 3. The van der Waals surface area contributed by atoms with E-state index in [1.165, 1.54) is 4.88 Å². The molecule has 2 atom stereocenters. The fourth-order valence-electron chi connectivity index (χ4n) is 2.09. The quantitative estimate of drug-likeness (QED) is 0.816. The lowest BCUT2D eigenvalue weighted by Crippen LogP contribution is -2.42. The van der Waals surface area contributed by atoms with Gasteiger partial charge in [0.2, 0.25) is 0 Å². The molecule has 0 fully saturated rings. The molecule has 20 heavy (non-hydrogen) atoms. The summed E-state index contributed by atoms with van der Waals surface area (Å²) in [6.45, 7) is 0.644. The van der Waals surface area contributed by atoms with Crippen LogP contribution >= 0.6 is 11.3 Å². The van der Waals surface area contributed by atoms with E-state index >= 15 is 0 Å². The number of carbonyl (C=O) groups excluding carboxylic acids is 1. The van der Waals surface area contributed by atoms with Gasteiger partial charge in [-0.2, -0.15) is 0 Å². The summed E-state index contributed by atoms with van der Waals surface area (Å²) < 4.78 is 0. The van der Waals surface area contributed by atoms with Gasteiger partial charge in [0.05, 0.1) is 12.0 Å². The van der Waals surface area contributed by atoms with Crippen LogP contribution in [-0.2, 0) is 11.2 Å². The minimum Gasteiger partial charge on any atom is -0.481 e. The summed E-state index contributed by atoms with van der Waals surface area (Å²) in [6.07, 6.45) is 4.66. The molecule has 1 aliphatic rings. The topological polar surface area (TPSA) is 69.6 Å². The largest absolute Gasteiger partial charge is 0.481 e. The number of carboxylic acids is 1. The van der Waals surface area contributed by atoms with Crippen molar-refractivity contribution in [3.63, 3.8) is 0 Å². The Hall–Kier alpha value is -1.82. The first kappa shape index (κ1) is 14.6. The first-order valence-corrected chi connectivity index (χ1v) is 7.39. The third kappa shape index (κ3) is 3.84. The van der Waals surface area contributed by atoms with Crippen LogP contribution in [-0.4, -0.2) is 41.6 Å². The van der Waals surface area contributed by atoms with Crippen molar-refractivity contribution in [1.82, 2.24) is 10.2 Å². The van der Waals surface area contributed by atoms with E-state index in [9.17, 15) is 9.59 Å². The predicted molar refractivity (Wildman–Crippen MR) is 77.9 cm³/mol. The molecule has 2 N–H and O–H groups in total. The second kappa shape index (κ2) is 6.56. The highest BCUT2D eigenvalue weighted by Gasteiger charge is 2.25. The molecular formula is C14H18N2O3S. The molecule has 0 aromatic carbocycles. The van der Waals surface area contributed by atoms with Gasteiger partial charge >= 0.3 is 12.0 Å². The number of nitrogens with zero attached hydrogens (tertiary/aromatic N) is 1. The second-order valence-electron chi connectivity index (χ2n) is 4.87. The molecule has 2 rings (SSSR count). The van der Waals surface area contributed by atoms with Crippen molar-refractivity contribution in [2.75, 3.05) is 13.6 Å². The van der Waals surface area contributed by atoms with E-state index in [-0.39, 0.29) is 12.1 Å². The number of amides is 2. The van der Waals surface area contributed by atoms with E-state index in [2.05, 4.69) is 5.32 Å². The summed E-state index contributed by atoms with van der Waals surface area (Å²) in [5.74, 6) is -1.33. The lowest BCUT2D eigenvalue weighted by molar-refractivity contribution is -0.140. The van der Waals surface area contributed by atoms with Crippen LogP contribution < -0.4 is 5.32 Å². The van der Waals surface area contributed by atoms with Gasteiger partial charge in [-0.05, 0) is 24.3 Å². The number of carboxylic acid groups (broad SMARTS) is 1. The zero-order chi connectivity index (χ0) is 14.5. The van der Waals surface area contributed by atoms with Gasteiger partial charge in [-0.25, -0.2) is 4.79 Å². The summed E-state index contributed by atoms with van der Waals surface area (Å²) >= 11 is 1.68. The Labute approximate surface area is 121 Å². The number of thiophene rings is 1. The van der Waals surface area contributed by atoms with E-state index in [0.29, 0.717) is 13.0 Å². The summed E-state index contributed by atoms with van der Waals surface area (Å²) in [7, 11) is 1.75. The normalized spacial score (nSPS) is 20.9. The van der Waals surface area contributed by atoms with Crippen LogP contribution in [0.1, 0.15) is 11.3 Å². The first-order valence-electron chi connectivity index (χ1n) is 6.51. The van der Waals surface area contributed by atoms with Gasteiger partial charge in [-0.3, -0.25) is 4.79 Å². The molecule has 0 saturated carbocycles. The number of aliphatic carboxylic acids is 1. The maximum Gasteiger partial charge on any atom is 0.317 e. The Kier molecular flexibility index (Phi) is 4.79. The molecule has 1 aliphatic carbocycles. The number of hydrogen-bond donors (Lipinski definition) is 2. The summed E-state index contributed by atoms with van der Waals surface area (Å²) in [6, 6.07) is 3.69. The van der Waals surface area contributed by atoms with Crippen LogP contribution in [0.5, 0.6) is 0 Å². The number of carbonyl (C=O) groups is 2. The van der Waals surface area contributed by atoms with Crippen LogP contribution in [0.15, 0.2) is 29.7 Å². The standard InChI is InChI=1S/C14H18N2O3S/c1-16(7-6-12-3-2-8-20-12)14(19)15-11-5-4-10(9-11)13(17)18/h2-5,8,10-11H,6-7,9H2,1H3,(H,15,19)(H,17,18). The summed E-state index contributed by atoms with van der Waals surface area (Å²) in [4.78, 5) is 25.7. The van der Waals surface area contributed by atoms with Crippen LogP contribution in [0.2, 0.25) is 0 Å². The minimum absolute atomic E-state index is 0.165. The molecule has 5 nitrogen and oxygen atoms in total. The molecule has 0 aliphatic heterocycles. The number of urea groups is 1. The zero-order valence-corrected chi connectivity index (χ0v) is 12.1. The molecule has 6 heteroatoms. The van der Waals surface area contributed by atoms with E-state index in [0.717, 1.165) is 6.42 Å². The summed E-state index contributed by atoms with van der Waals surface area (Å²) in [5, 5.41) is 13.7. The lowest BCUT2D eigenvalue weighted by atomic mass is 10.1. The van der Waals surface area contributed by atoms with Crippen molar-refractivity contribution in [1.29, 1.82) is 0 Å². The van der Waals surface area contributed by atoms with E-state index in [1.54, 1.807) is 35.4 Å². The Balaban J connectivity index is 1.74. The maximum atomic E-state index is 12.0. The minimum atomic E-state index is -0.843. The highest BCUT2D eigenvalue weighted by molar-refractivity contribution is 7.09. The van der Waals surface area contributed by atoms with Crippen LogP contribution in [0.4, 0.5) is 4.79 Å². The molecular weight excluding hydrogens is 276 g/mol. The molecule has 108 valence electrons. The van der Waals surface area contributed by atoms with E-state index < -0.39 is 11.9 Å². The Bertz CT molecular complexity index is 499. The average molecular weight is 294 g/mol.